The molecule has 0 amide bonds. The van der Waals surface area contributed by atoms with E-state index in [1.54, 1.807) is 19.1 Å². The minimum absolute atomic E-state index is 0.169. The number of aryl methyl sites for hydroxylation is 2. The average molecular weight is 314 g/mol. The van der Waals surface area contributed by atoms with Gasteiger partial charge < -0.3 is 10.0 Å². The summed E-state index contributed by atoms with van der Waals surface area (Å²) >= 11 is 0. The van der Waals surface area contributed by atoms with E-state index >= 15 is 0 Å². The molecule has 0 aliphatic rings. The van der Waals surface area contributed by atoms with Crippen LogP contribution in [0.5, 0.6) is 0 Å². The number of aliphatic hydroxyl groups is 1. The first-order valence-corrected chi connectivity index (χ1v) is 8.37. The lowest BCUT2D eigenvalue weighted by Gasteiger charge is -2.32. The first-order valence-electron chi connectivity index (χ1n) is 6.89. The predicted molar refractivity (Wildman–Crippen MR) is 84.8 cm³/mol. The third kappa shape index (κ3) is 4.26. The van der Waals surface area contributed by atoms with Gasteiger partial charge in [0.2, 0.25) is 10.0 Å². The Bertz CT molecular complexity index is 608. The Balaban J connectivity index is 3.09. The van der Waals surface area contributed by atoms with Crippen molar-refractivity contribution in [3.8, 4) is 0 Å². The van der Waals surface area contributed by atoms with Crippen LogP contribution in [0.4, 0.5) is 0 Å². The van der Waals surface area contributed by atoms with Gasteiger partial charge in [0, 0.05) is 12.1 Å². The largest absolute Gasteiger partial charge is 0.392 e. The van der Waals surface area contributed by atoms with E-state index in [2.05, 4.69) is 4.72 Å². The Morgan fingerprint density at radius 1 is 1.19 bits per heavy atom. The van der Waals surface area contributed by atoms with Crippen LogP contribution < -0.4 is 4.72 Å². The van der Waals surface area contributed by atoms with Crippen LogP contribution in [-0.4, -0.2) is 44.6 Å². The maximum atomic E-state index is 12.5. The van der Waals surface area contributed by atoms with Gasteiger partial charge in [0.15, 0.2) is 0 Å². The van der Waals surface area contributed by atoms with E-state index in [0.717, 1.165) is 5.56 Å². The zero-order valence-electron chi connectivity index (χ0n) is 13.7. The second kappa shape index (κ2) is 6.44. The molecule has 0 atom stereocenters. The molecule has 5 nitrogen and oxygen atoms in total. The highest BCUT2D eigenvalue weighted by Gasteiger charge is 2.25. The van der Waals surface area contributed by atoms with E-state index in [0.29, 0.717) is 17.7 Å². The number of hydrogen-bond donors (Lipinski definition) is 2. The molecule has 0 saturated carbocycles. The fourth-order valence-electron chi connectivity index (χ4n) is 1.84. The molecule has 1 aromatic carbocycles. The molecule has 0 bridgehead atoms. The quantitative estimate of drug-likeness (QED) is 0.833. The Kier molecular flexibility index (Phi) is 5.55. The molecule has 2 N–H and O–H groups in total. The van der Waals surface area contributed by atoms with Gasteiger partial charge in [0.05, 0.1) is 11.5 Å². The lowest BCUT2D eigenvalue weighted by atomic mass is 10.1. The molecule has 1 rings (SSSR count). The molecule has 0 aliphatic heterocycles. The van der Waals surface area contributed by atoms with E-state index in [9.17, 15) is 13.5 Å². The van der Waals surface area contributed by atoms with Gasteiger partial charge >= 0.3 is 0 Å². The summed E-state index contributed by atoms with van der Waals surface area (Å²) in [5.74, 6) is 0. The molecule has 1 aromatic rings. The molecule has 21 heavy (non-hydrogen) atoms. The topological polar surface area (TPSA) is 69.6 Å². The van der Waals surface area contributed by atoms with E-state index < -0.39 is 10.0 Å². The maximum Gasteiger partial charge on any atom is 0.240 e. The molecule has 6 heteroatoms. The monoisotopic (exact) mass is 314 g/mol. The van der Waals surface area contributed by atoms with Gasteiger partial charge in [-0.05, 0) is 64.5 Å². The summed E-state index contributed by atoms with van der Waals surface area (Å²) in [6.07, 6.45) is 0. The molecule has 0 fully saturated rings. The second-order valence-electron chi connectivity index (χ2n) is 6.23. The van der Waals surface area contributed by atoms with Crippen molar-refractivity contribution in [2.75, 3.05) is 20.6 Å². The van der Waals surface area contributed by atoms with Crippen molar-refractivity contribution >= 4 is 10.0 Å². The number of likely N-dealkylation sites (N-methyl/N-ethyl adjacent to an activating group) is 1. The standard InChI is InChI=1S/C15H26N2O3S/c1-11-7-12(2)14(8-13(11)9-18)21(19,20)16-10-15(3,4)17(5)6/h7-8,16,18H,9-10H2,1-6H3. The van der Waals surface area contributed by atoms with Crippen LogP contribution in [0.15, 0.2) is 17.0 Å². The molecule has 0 spiro atoms. The van der Waals surface area contributed by atoms with Crippen molar-refractivity contribution in [1.29, 1.82) is 0 Å². The van der Waals surface area contributed by atoms with Crippen molar-refractivity contribution in [1.82, 2.24) is 9.62 Å². The Morgan fingerprint density at radius 2 is 1.76 bits per heavy atom. The molecular weight excluding hydrogens is 288 g/mol. The highest BCUT2D eigenvalue weighted by molar-refractivity contribution is 7.89. The van der Waals surface area contributed by atoms with Crippen LogP contribution in [0.3, 0.4) is 0 Å². The predicted octanol–water partition coefficient (Wildman–Crippen LogP) is 1.41. The van der Waals surface area contributed by atoms with Gasteiger partial charge in [-0.3, -0.25) is 0 Å². The van der Waals surface area contributed by atoms with Crippen molar-refractivity contribution in [3.05, 3.63) is 28.8 Å². The zero-order chi connectivity index (χ0) is 16.4. The van der Waals surface area contributed by atoms with Gasteiger partial charge in [-0.1, -0.05) is 6.07 Å². The SMILES string of the molecule is Cc1cc(C)c(S(=O)(=O)NCC(C)(C)N(C)C)cc1CO. The van der Waals surface area contributed by atoms with Crippen molar-refractivity contribution in [2.45, 2.75) is 44.7 Å². The van der Waals surface area contributed by atoms with E-state index in [1.165, 1.54) is 0 Å². The number of aliphatic hydroxyl groups excluding tert-OH is 1. The fourth-order valence-corrected chi connectivity index (χ4v) is 3.32. The molecule has 0 aromatic heterocycles. The molecule has 0 radical (unpaired) electrons. The minimum atomic E-state index is -3.59. The molecule has 0 unspecified atom stereocenters. The molecule has 0 aliphatic carbocycles. The Labute approximate surface area is 128 Å². The van der Waals surface area contributed by atoms with E-state index in [-0.39, 0.29) is 17.0 Å². The summed E-state index contributed by atoms with van der Waals surface area (Å²) in [6.45, 7) is 7.70. The third-order valence-corrected chi connectivity index (χ3v) is 5.54. The molecule has 120 valence electrons. The summed E-state index contributed by atoms with van der Waals surface area (Å²) in [5, 5.41) is 9.31. The van der Waals surface area contributed by atoms with E-state index in [1.807, 2.05) is 39.8 Å². The van der Waals surface area contributed by atoms with Gasteiger partial charge in [-0.2, -0.15) is 0 Å². The Morgan fingerprint density at radius 3 is 2.24 bits per heavy atom. The number of benzene rings is 1. The highest BCUT2D eigenvalue weighted by Crippen LogP contribution is 2.21. The van der Waals surface area contributed by atoms with Crippen molar-refractivity contribution in [2.24, 2.45) is 0 Å². The normalized spacial score (nSPS) is 13.0. The first-order chi connectivity index (χ1) is 9.51. The summed E-state index contributed by atoms with van der Waals surface area (Å²) in [7, 11) is 0.229. The van der Waals surface area contributed by atoms with Gasteiger partial charge in [0.25, 0.3) is 0 Å². The number of nitrogens with zero attached hydrogens (tertiary/aromatic N) is 1. The molecule has 0 saturated heterocycles. The van der Waals surface area contributed by atoms with Crippen LogP contribution in [0.1, 0.15) is 30.5 Å². The minimum Gasteiger partial charge on any atom is -0.392 e. The molecule has 0 heterocycles. The van der Waals surface area contributed by atoms with Crippen LogP contribution in [0.25, 0.3) is 0 Å². The smallest absolute Gasteiger partial charge is 0.240 e. The van der Waals surface area contributed by atoms with Gasteiger partial charge in [-0.15, -0.1) is 0 Å². The summed E-state index contributed by atoms with van der Waals surface area (Å²) in [5.41, 5.74) is 1.92. The first kappa shape index (κ1) is 18.1. The van der Waals surface area contributed by atoms with Crippen LogP contribution >= 0.6 is 0 Å². The number of nitrogens with one attached hydrogen (secondary N) is 1. The number of hydrogen-bond acceptors (Lipinski definition) is 4. The van der Waals surface area contributed by atoms with Crippen LogP contribution in [-0.2, 0) is 16.6 Å². The highest BCUT2D eigenvalue weighted by atomic mass is 32.2. The van der Waals surface area contributed by atoms with Gasteiger partial charge in [-0.25, -0.2) is 13.1 Å². The summed E-state index contributed by atoms with van der Waals surface area (Å²) in [4.78, 5) is 2.20. The number of rotatable bonds is 6. The number of sulfonamides is 1. The van der Waals surface area contributed by atoms with Crippen molar-refractivity contribution in [3.63, 3.8) is 0 Å². The third-order valence-electron chi connectivity index (χ3n) is 4.00. The summed E-state index contributed by atoms with van der Waals surface area (Å²) < 4.78 is 27.6. The maximum absolute atomic E-state index is 12.5. The lowest BCUT2D eigenvalue weighted by Crippen LogP contribution is -2.48. The molecular formula is C15H26N2O3S. The lowest BCUT2D eigenvalue weighted by molar-refractivity contribution is 0.199. The van der Waals surface area contributed by atoms with Crippen LogP contribution in [0.2, 0.25) is 0 Å². The van der Waals surface area contributed by atoms with E-state index in [4.69, 9.17) is 0 Å². The van der Waals surface area contributed by atoms with Gasteiger partial charge in [0.1, 0.15) is 0 Å². The van der Waals surface area contributed by atoms with Crippen LogP contribution in [0, 0.1) is 13.8 Å². The summed E-state index contributed by atoms with van der Waals surface area (Å²) in [6, 6.07) is 3.34. The average Bonchev–Trinajstić information content (AvgIpc) is 2.36. The van der Waals surface area contributed by atoms with Crippen molar-refractivity contribution < 1.29 is 13.5 Å². The fraction of sp³-hybridized carbons (Fsp3) is 0.600. The zero-order valence-corrected chi connectivity index (χ0v) is 14.5. The second-order valence-corrected chi connectivity index (χ2v) is 7.97. The Hall–Kier alpha value is -0.950.